The highest BCUT2D eigenvalue weighted by molar-refractivity contribution is 6.32. The van der Waals surface area contributed by atoms with Gasteiger partial charge >= 0.3 is 0 Å². The summed E-state index contributed by atoms with van der Waals surface area (Å²) in [5.74, 6) is -2.70. The van der Waals surface area contributed by atoms with Crippen molar-refractivity contribution in [3.05, 3.63) is 248 Å². The molecule has 0 radical (unpaired) electrons. The highest BCUT2D eigenvalue weighted by atomic mass is 19.1. The van der Waals surface area contributed by atoms with Crippen molar-refractivity contribution in [2.24, 2.45) is 0 Å². The van der Waals surface area contributed by atoms with Gasteiger partial charge in [0.05, 0.1) is 33.6 Å². The Labute approximate surface area is 393 Å². The SMILES string of the molecule is Fc1cc(F)cc(N(c2ccc(-c3ccccc3)cc2)c2ccc3cc4c5ccc(N(c6ccc(-c7ccccc7)cc6)c6cc(F)cc(F)c6)c6c7c8ccccc8ccc7n(c4cc3c2)c56)c1. The van der Waals surface area contributed by atoms with Crippen molar-refractivity contribution in [1.29, 1.82) is 0 Å². The highest BCUT2D eigenvalue weighted by Crippen LogP contribution is 2.50. The summed E-state index contributed by atoms with van der Waals surface area (Å²) < 4.78 is 63.1. The number of fused-ring (bicyclic) bond motifs is 9. The Morgan fingerprint density at radius 2 is 0.812 bits per heavy atom. The molecule has 11 aromatic carbocycles. The van der Waals surface area contributed by atoms with E-state index in [0.29, 0.717) is 11.4 Å². The zero-order chi connectivity index (χ0) is 46.3. The van der Waals surface area contributed by atoms with Crippen LogP contribution in [0.2, 0.25) is 0 Å². The summed E-state index contributed by atoms with van der Waals surface area (Å²) in [5.41, 5.74) is 10.7. The van der Waals surface area contributed by atoms with Gasteiger partial charge in [0.2, 0.25) is 0 Å². The molecule has 0 atom stereocenters. The van der Waals surface area contributed by atoms with E-state index >= 15 is 17.6 Å². The maximum Gasteiger partial charge on any atom is 0.128 e. The topological polar surface area (TPSA) is 10.9 Å². The van der Waals surface area contributed by atoms with Gasteiger partial charge in [-0.3, -0.25) is 0 Å². The van der Waals surface area contributed by atoms with Gasteiger partial charge in [0.1, 0.15) is 23.3 Å². The van der Waals surface area contributed by atoms with Gasteiger partial charge in [0.15, 0.2) is 0 Å². The van der Waals surface area contributed by atoms with E-state index in [4.69, 9.17) is 0 Å². The first kappa shape index (κ1) is 40.3. The minimum Gasteiger partial charge on any atom is -0.310 e. The van der Waals surface area contributed by atoms with E-state index in [9.17, 15) is 0 Å². The van der Waals surface area contributed by atoms with E-state index in [2.05, 4.69) is 77.2 Å². The number of halogens is 4. The van der Waals surface area contributed by atoms with Crippen LogP contribution in [0.4, 0.5) is 51.7 Å². The third kappa shape index (κ3) is 6.73. The number of aromatic nitrogens is 1. The first-order valence-corrected chi connectivity index (χ1v) is 22.7. The first-order valence-electron chi connectivity index (χ1n) is 22.7. The maximum atomic E-state index is 15.4. The molecule has 69 heavy (non-hydrogen) atoms. The second kappa shape index (κ2) is 15.9. The number of hydrogen-bond donors (Lipinski definition) is 0. The van der Waals surface area contributed by atoms with Crippen LogP contribution in [0.1, 0.15) is 0 Å². The van der Waals surface area contributed by atoms with E-state index in [0.717, 1.165) is 117 Å². The van der Waals surface area contributed by atoms with Crippen LogP contribution < -0.4 is 9.80 Å². The fourth-order valence-electron chi connectivity index (χ4n) is 10.4. The minimum absolute atomic E-state index is 0.350. The molecule has 0 unspecified atom stereocenters. The molecule has 0 aliphatic carbocycles. The quantitative estimate of drug-likeness (QED) is 0.141. The molecule has 0 N–H and O–H groups in total. The molecular formula is C62H37F4N3. The van der Waals surface area contributed by atoms with Crippen LogP contribution in [-0.2, 0) is 0 Å². The average Bonchev–Trinajstić information content (AvgIpc) is 3.89. The van der Waals surface area contributed by atoms with Crippen LogP contribution in [-0.4, -0.2) is 4.40 Å². The van der Waals surface area contributed by atoms with Gasteiger partial charge < -0.3 is 14.2 Å². The monoisotopic (exact) mass is 899 g/mol. The van der Waals surface area contributed by atoms with Crippen LogP contribution in [0.3, 0.4) is 0 Å². The predicted molar refractivity (Wildman–Crippen MR) is 276 cm³/mol. The van der Waals surface area contributed by atoms with Crippen molar-refractivity contribution in [3.63, 3.8) is 0 Å². The highest BCUT2D eigenvalue weighted by Gasteiger charge is 2.26. The third-order valence-corrected chi connectivity index (χ3v) is 13.4. The second-order valence-electron chi connectivity index (χ2n) is 17.5. The molecule has 2 aromatic heterocycles. The van der Waals surface area contributed by atoms with Gasteiger partial charge in [-0.1, -0.05) is 127 Å². The lowest BCUT2D eigenvalue weighted by molar-refractivity contribution is 0.583. The molecule has 0 amide bonds. The number of nitrogens with zero attached hydrogens (tertiary/aromatic N) is 3. The van der Waals surface area contributed by atoms with Gasteiger partial charge in [0, 0.05) is 50.7 Å². The summed E-state index contributed by atoms with van der Waals surface area (Å²) in [6, 6.07) is 70.7. The zero-order valence-corrected chi connectivity index (χ0v) is 36.7. The number of rotatable bonds is 8. The van der Waals surface area contributed by atoms with Crippen molar-refractivity contribution in [2.45, 2.75) is 0 Å². The minimum atomic E-state index is -0.676. The number of hydrogen-bond acceptors (Lipinski definition) is 2. The Morgan fingerprint density at radius 1 is 0.290 bits per heavy atom. The summed E-state index contributed by atoms with van der Waals surface area (Å²) in [5, 5.41) is 8.03. The standard InChI is InChI=1S/C62H37F4N3/c63-45-32-46(64)35-52(34-45)67(49-21-15-40(16-22-49)38-9-3-1-4-10-38)51-25-19-43-30-56-55-26-28-58(61-60-54-14-8-7-13-42(54)20-27-57(60)69(62(55)61)59(56)31-44(43)29-51)68(53-36-47(65)33-48(66)37-53)50-23-17-41(18-24-50)39-11-5-2-6-12-39/h1-37H. The van der Waals surface area contributed by atoms with Crippen molar-refractivity contribution in [1.82, 2.24) is 4.40 Å². The molecule has 3 nitrogen and oxygen atoms in total. The van der Waals surface area contributed by atoms with Crippen LogP contribution >= 0.6 is 0 Å². The average molecular weight is 900 g/mol. The lowest BCUT2D eigenvalue weighted by atomic mass is 9.99. The van der Waals surface area contributed by atoms with Crippen LogP contribution in [0.15, 0.2) is 224 Å². The molecule has 328 valence electrons. The summed E-state index contributed by atoms with van der Waals surface area (Å²) in [7, 11) is 0. The fraction of sp³-hybridized carbons (Fsp3) is 0. The Bertz CT molecular complexity index is 4070. The molecule has 0 aliphatic rings. The van der Waals surface area contributed by atoms with Crippen molar-refractivity contribution in [3.8, 4) is 22.3 Å². The Morgan fingerprint density at radius 3 is 1.43 bits per heavy atom. The largest absolute Gasteiger partial charge is 0.310 e. The molecule has 0 saturated carbocycles. The summed E-state index contributed by atoms with van der Waals surface area (Å²) in [6.45, 7) is 0. The third-order valence-electron chi connectivity index (χ3n) is 13.4. The maximum absolute atomic E-state index is 15.4. The molecule has 13 rings (SSSR count). The van der Waals surface area contributed by atoms with E-state index in [1.807, 2.05) is 125 Å². The van der Waals surface area contributed by atoms with Gasteiger partial charge in [-0.15, -0.1) is 0 Å². The molecule has 2 heterocycles. The molecule has 7 heteroatoms. The van der Waals surface area contributed by atoms with Gasteiger partial charge in [0.25, 0.3) is 0 Å². The molecule has 0 saturated heterocycles. The molecule has 0 aliphatic heterocycles. The lowest BCUT2D eigenvalue weighted by Crippen LogP contribution is -2.11. The summed E-state index contributed by atoms with van der Waals surface area (Å²) in [4.78, 5) is 3.83. The van der Waals surface area contributed by atoms with Crippen molar-refractivity contribution >= 4 is 93.8 Å². The van der Waals surface area contributed by atoms with Crippen molar-refractivity contribution in [2.75, 3.05) is 9.80 Å². The van der Waals surface area contributed by atoms with E-state index in [-0.39, 0.29) is 0 Å². The first-order chi connectivity index (χ1) is 33.8. The molecular weight excluding hydrogens is 863 g/mol. The van der Waals surface area contributed by atoms with Crippen LogP contribution in [0.25, 0.3) is 81.9 Å². The summed E-state index contributed by atoms with van der Waals surface area (Å²) in [6.07, 6.45) is 0. The smallest absolute Gasteiger partial charge is 0.128 e. The Balaban J connectivity index is 1.05. The normalized spacial score (nSPS) is 11.8. The predicted octanol–water partition coefficient (Wildman–Crippen LogP) is 18.0. The van der Waals surface area contributed by atoms with Gasteiger partial charge in [-0.25, -0.2) is 17.6 Å². The Kier molecular flexibility index (Phi) is 9.27. The molecule has 13 aromatic rings. The Hall–Kier alpha value is -8.94. The van der Waals surface area contributed by atoms with Crippen molar-refractivity contribution < 1.29 is 17.6 Å². The molecule has 0 spiro atoms. The van der Waals surface area contributed by atoms with E-state index in [1.165, 1.54) is 24.3 Å². The second-order valence-corrected chi connectivity index (χ2v) is 17.5. The van der Waals surface area contributed by atoms with Crippen LogP contribution in [0, 0.1) is 23.3 Å². The van der Waals surface area contributed by atoms with Crippen LogP contribution in [0.5, 0.6) is 0 Å². The van der Waals surface area contributed by atoms with Gasteiger partial charge in [-0.2, -0.15) is 0 Å². The lowest BCUT2D eigenvalue weighted by Gasteiger charge is -2.27. The summed E-state index contributed by atoms with van der Waals surface area (Å²) >= 11 is 0. The zero-order valence-electron chi connectivity index (χ0n) is 36.7. The number of anilines is 6. The molecule has 0 fully saturated rings. The fourth-order valence-corrected chi connectivity index (χ4v) is 10.4. The molecule has 0 bridgehead atoms. The number of benzene rings is 11. The van der Waals surface area contributed by atoms with Gasteiger partial charge in [-0.05, 0) is 129 Å². The van der Waals surface area contributed by atoms with E-state index in [1.54, 1.807) is 0 Å². The van der Waals surface area contributed by atoms with E-state index < -0.39 is 23.3 Å².